The number of rotatable bonds is 3. The Labute approximate surface area is 87.9 Å². The molecule has 1 N–H and O–H groups in total. The van der Waals surface area contributed by atoms with Crippen molar-refractivity contribution < 1.29 is 0 Å². The first-order chi connectivity index (χ1) is 6.86. The Bertz CT molecular complexity index is 415. The molecule has 1 aromatic carbocycles. The lowest BCUT2D eigenvalue weighted by Gasteiger charge is -2.00. The minimum absolute atomic E-state index is 0.424. The summed E-state index contributed by atoms with van der Waals surface area (Å²) in [5.41, 5.74) is 1.27. The van der Waals surface area contributed by atoms with Gasteiger partial charge in [-0.1, -0.05) is 12.1 Å². The largest absolute Gasteiger partial charge is 0.357 e. The number of H-pyrrole nitrogens is 1. The number of nitrogens with one attached hydrogen (secondary N) is 1. The quantitative estimate of drug-likeness (QED) is 0.742. The van der Waals surface area contributed by atoms with E-state index >= 15 is 0 Å². The van der Waals surface area contributed by atoms with Crippen LogP contribution in [0.5, 0.6) is 0 Å². The summed E-state index contributed by atoms with van der Waals surface area (Å²) in [6.45, 7) is 4.54. The number of benzene rings is 1. The molecule has 0 saturated heterocycles. The normalized spacial score (nSPS) is 11.4. The molecule has 14 heavy (non-hydrogen) atoms. The van der Waals surface area contributed by atoms with Crippen molar-refractivity contribution >= 4 is 21.8 Å². The highest BCUT2D eigenvalue weighted by atomic mass is 32.2. The monoisotopic (exact) mass is 206 g/mol. The maximum absolute atomic E-state index is 3.34. The molecule has 0 aliphatic heterocycles. The van der Waals surface area contributed by atoms with E-state index in [2.05, 4.69) is 49.3 Å². The molecule has 74 valence electrons. The summed E-state index contributed by atoms with van der Waals surface area (Å²) < 4.78 is 0. The van der Waals surface area contributed by atoms with E-state index in [1.54, 1.807) is 0 Å². The van der Waals surface area contributed by atoms with Crippen molar-refractivity contribution in [1.82, 2.24) is 4.98 Å². The van der Waals surface area contributed by atoms with E-state index in [9.17, 15) is 0 Å². The van der Waals surface area contributed by atoms with Crippen molar-refractivity contribution in [2.75, 3.05) is 11.5 Å². The van der Waals surface area contributed by atoms with E-state index in [1.165, 1.54) is 27.3 Å². The minimum atomic E-state index is 0.424. The average molecular weight is 206 g/mol. The van der Waals surface area contributed by atoms with Gasteiger partial charge in [0.1, 0.15) is 11.5 Å². The molecule has 0 aliphatic rings. The summed E-state index contributed by atoms with van der Waals surface area (Å²) >= 11 is 0. The zero-order valence-corrected chi connectivity index (χ0v) is 9.53. The molecule has 0 radical (unpaired) electrons. The molecule has 1 nitrogen and oxygen atoms in total. The lowest BCUT2D eigenvalue weighted by atomic mass is 10.2. The molecule has 1 aromatic heterocycles. The standard InChI is InChI=1S/C12H16NS/c1-3-14(4-2)12-9-13-11-8-6-5-7-10(11)12/h5-9,13H,3-4H2,1-2H3/q+1. The van der Waals surface area contributed by atoms with E-state index in [0.717, 1.165) is 0 Å². The first kappa shape index (κ1) is 9.66. The summed E-state index contributed by atoms with van der Waals surface area (Å²) in [4.78, 5) is 4.85. The molecule has 2 heteroatoms. The van der Waals surface area contributed by atoms with Crippen LogP contribution in [0, 0.1) is 0 Å². The fourth-order valence-corrected chi connectivity index (χ4v) is 3.54. The summed E-state index contributed by atoms with van der Waals surface area (Å²) in [5.74, 6) is 2.50. The molecular formula is C12H16NS+. The summed E-state index contributed by atoms with van der Waals surface area (Å²) in [6.07, 6.45) is 2.18. The third-order valence-corrected chi connectivity index (χ3v) is 4.91. The summed E-state index contributed by atoms with van der Waals surface area (Å²) in [5, 5.41) is 1.40. The van der Waals surface area contributed by atoms with Gasteiger partial charge in [-0.2, -0.15) is 0 Å². The lowest BCUT2D eigenvalue weighted by Crippen LogP contribution is -2.07. The van der Waals surface area contributed by atoms with Crippen molar-refractivity contribution in [1.29, 1.82) is 0 Å². The Morgan fingerprint density at radius 2 is 1.86 bits per heavy atom. The van der Waals surface area contributed by atoms with Crippen LogP contribution in [0.1, 0.15) is 13.8 Å². The van der Waals surface area contributed by atoms with Crippen LogP contribution in [-0.4, -0.2) is 16.5 Å². The number of hydrogen-bond donors (Lipinski definition) is 1. The van der Waals surface area contributed by atoms with Crippen molar-refractivity contribution in [3.05, 3.63) is 30.5 Å². The van der Waals surface area contributed by atoms with Crippen LogP contribution in [0.15, 0.2) is 35.4 Å². The molecule has 0 saturated carbocycles. The third-order valence-electron chi connectivity index (χ3n) is 2.56. The molecule has 2 rings (SSSR count). The van der Waals surface area contributed by atoms with Gasteiger partial charge in [0.05, 0.1) is 17.1 Å². The zero-order chi connectivity index (χ0) is 9.97. The van der Waals surface area contributed by atoms with E-state index in [1.807, 2.05) is 0 Å². The van der Waals surface area contributed by atoms with E-state index in [4.69, 9.17) is 0 Å². The second-order valence-electron chi connectivity index (χ2n) is 3.27. The van der Waals surface area contributed by atoms with Gasteiger partial charge in [-0.05, 0) is 26.0 Å². The molecule has 0 amide bonds. The maximum Gasteiger partial charge on any atom is 0.180 e. The Morgan fingerprint density at radius 3 is 2.57 bits per heavy atom. The number of fused-ring (bicyclic) bond motifs is 1. The van der Waals surface area contributed by atoms with Gasteiger partial charge in [-0.3, -0.25) is 0 Å². The first-order valence-electron chi connectivity index (χ1n) is 5.10. The number of aromatic nitrogens is 1. The van der Waals surface area contributed by atoms with Gasteiger partial charge in [-0.25, -0.2) is 0 Å². The van der Waals surface area contributed by atoms with Crippen LogP contribution in [0.2, 0.25) is 0 Å². The van der Waals surface area contributed by atoms with Crippen LogP contribution in [-0.2, 0) is 10.9 Å². The second-order valence-corrected chi connectivity index (χ2v) is 5.85. The highest BCUT2D eigenvalue weighted by Gasteiger charge is 2.20. The molecule has 0 fully saturated rings. The van der Waals surface area contributed by atoms with Crippen LogP contribution in [0.3, 0.4) is 0 Å². The Morgan fingerprint density at radius 1 is 1.14 bits per heavy atom. The number of hydrogen-bond acceptors (Lipinski definition) is 0. The predicted molar refractivity (Wildman–Crippen MR) is 65.0 cm³/mol. The van der Waals surface area contributed by atoms with Gasteiger partial charge in [0, 0.05) is 10.9 Å². The van der Waals surface area contributed by atoms with Gasteiger partial charge >= 0.3 is 0 Å². The highest BCUT2D eigenvalue weighted by Crippen LogP contribution is 2.24. The fraction of sp³-hybridized carbons (Fsp3) is 0.333. The maximum atomic E-state index is 3.34. The Balaban J connectivity index is 2.51. The number of aromatic amines is 1. The topological polar surface area (TPSA) is 15.8 Å². The lowest BCUT2D eigenvalue weighted by molar-refractivity contribution is 1.35. The average Bonchev–Trinajstić information content (AvgIpc) is 2.65. The molecule has 0 atom stereocenters. The van der Waals surface area contributed by atoms with Crippen LogP contribution in [0.25, 0.3) is 10.9 Å². The van der Waals surface area contributed by atoms with Gasteiger partial charge in [0.25, 0.3) is 0 Å². The third kappa shape index (κ3) is 1.55. The van der Waals surface area contributed by atoms with Gasteiger partial charge < -0.3 is 4.98 Å². The minimum Gasteiger partial charge on any atom is -0.357 e. The number of para-hydroxylation sites is 1. The van der Waals surface area contributed by atoms with Crippen molar-refractivity contribution in [3.8, 4) is 0 Å². The molecule has 2 aromatic rings. The van der Waals surface area contributed by atoms with E-state index in [0.29, 0.717) is 10.9 Å². The highest BCUT2D eigenvalue weighted by molar-refractivity contribution is 7.97. The van der Waals surface area contributed by atoms with Gasteiger partial charge in [0.2, 0.25) is 0 Å². The molecule has 0 spiro atoms. The molecule has 0 aliphatic carbocycles. The molecular weight excluding hydrogens is 190 g/mol. The van der Waals surface area contributed by atoms with Crippen LogP contribution in [0.4, 0.5) is 0 Å². The van der Waals surface area contributed by atoms with Crippen molar-refractivity contribution in [2.24, 2.45) is 0 Å². The van der Waals surface area contributed by atoms with Gasteiger partial charge in [-0.15, -0.1) is 0 Å². The summed E-state index contributed by atoms with van der Waals surface area (Å²) in [7, 11) is 0.424. The van der Waals surface area contributed by atoms with Crippen LogP contribution < -0.4 is 0 Å². The first-order valence-corrected chi connectivity index (χ1v) is 6.66. The molecule has 0 unspecified atom stereocenters. The SMILES string of the molecule is CC[S+](CC)c1c[nH]c2ccccc12. The van der Waals surface area contributed by atoms with Gasteiger partial charge in [0.15, 0.2) is 4.90 Å². The zero-order valence-electron chi connectivity index (χ0n) is 8.71. The molecule has 1 heterocycles. The Kier molecular flexibility index (Phi) is 2.82. The Hall–Kier alpha value is -0.890. The van der Waals surface area contributed by atoms with Crippen LogP contribution >= 0.6 is 0 Å². The second kappa shape index (κ2) is 4.09. The smallest absolute Gasteiger partial charge is 0.180 e. The predicted octanol–water partition coefficient (Wildman–Crippen LogP) is 3.18. The van der Waals surface area contributed by atoms with Crippen molar-refractivity contribution in [3.63, 3.8) is 0 Å². The fourth-order valence-electron chi connectivity index (χ4n) is 1.80. The van der Waals surface area contributed by atoms with Crippen molar-refractivity contribution in [2.45, 2.75) is 18.7 Å². The molecule has 0 bridgehead atoms. The van der Waals surface area contributed by atoms with E-state index < -0.39 is 0 Å². The summed E-state index contributed by atoms with van der Waals surface area (Å²) in [6, 6.07) is 8.56. The van der Waals surface area contributed by atoms with E-state index in [-0.39, 0.29) is 0 Å².